The number of nitrogens with zero attached hydrogens (tertiary/aromatic N) is 2. The van der Waals surface area contributed by atoms with Gasteiger partial charge in [-0.2, -0.15) is 0 Å². The summed E-state index contributed by atoms with van der Waals surface area (Å²) < 4.78 is 1.13. The summed E-state index contributed by atoms with van der Waals surface area (Å²) in [5.41, 5.74) is 4.13. The maximum absolute atomic E-state index is 11.4. The van der Waals surface area contributed by atoms with Gasteiger partial charge in [-0.25, -0.2) is 4.98 Å². The number of aromatic nitrogens is 1. The highest BCUT2D eigenvalue weighted by Gasteiger charge is 2.37. The number of benzene rings is 2. The molecule has 2 atom stereocenters. The molecule has 2 heterocycles. The van der Waals surface area contributed by atoms with Gasteiger partial charge in [-0.05, 0) is 81.8 Å². The Labute approximate surface area is 199 Å². The Morgan fingerprint density at radius 2 is 2.09 bits per heavy atom. The summed E-state index contributed by atoms with van der Waals surface area (Å²) in [4.78, 5) is 18.3. The van der Waals surface area contributed by atoms with Gasteiger partial charge in [0.1, 0.15) is 0 Å². The van der Waals surface area contributed by atoms with E-state index >= 15 is 0 Å². The Bertz CT molecular complexity index is 1150. The van der Waals surface area contributed by atoms with Crippen LogP contribution in [-0.4, -0.2) is 39.4 Å². The predicted molar refractivity (Wildman–Crippen MR) is 136 cm³/mol. The van der Waals surface area contributed by atoms with Crippen molar-refractivity contribution in [1.82, 2.24) is 4.98 Å². The summed E-state index contributed by atoms with van der Waals surface area (Å²) in [5, 5.41) is 24.8. The molecule has 7 heteroatoms. The van der Waals surface area contributed by atoms with Crippen LogP contribution in [0, 0.1) is 6.92 Å². The normalized spacial score (nSPS) is 17.5. The second-order valence-electron chi connectivity index (χ2n) is 9.53. The van der Waals surface area contributed by atoms with Crippen molar-refractivity contribution in [3.63, 3.8) is 0 Å². The summed E-state index contributed by atoms with van der Waals surface area (Å²) in [7, 11) is 0. The lowest BCUT2D eigenvalue weighted by Gasteiger charge is -2.36. The van der Waals surface area contributed by atoms with Crippen LogP contribution in [0.25, 0.3) is 10.2 Å². The van der Waals surface area contributed by atoms with Crippen LogP contribution in [0.4, 0.5) is 17.1 Å². The standard InChI is InChI=1S/C26H33N3O3S/c1-5-17(14-25(30)31)18-8-11-22(29-12-6-7-24(29)26(3,4)32)21(13-18)28-19-9-10-20-23(15-19)33-16(2)27-20/h8-11,13,15,17,24,28,32H,5-7,12,14H2,1-4H3,(H,30,31). The van der Waals surface area contributed by atoms with Crippen molar-refractivity contribution in [2.75, 3.05) is 16.8 Å². The van der Waals surface area contributed by atoms with Gasteiger partial charge in [0, 0.05) is 12.2 Å². The van der Waals surface area contributed by atoms with E-state index in [1.807, 2.05) is 45.9 Å². The molecule has 2 unspecified atom stereocenters. The zero-order valence-corrected chi connectivity index (χ0v) is 20.6. The fourth-order valence-electron chi connectivity index (χ4n) is 4.93. The molecule has 4 rings (SSSR count). The molecule has 6 nitrogen and oxygen atoms in total. The number of thiazole rings is 1. The SMILES string of the molecule is CCC(CC(=O)O)c1ccc(N2CCCC2C(C)(C)O)c(Nc2ccc3nc(C)sc3c2)c1. The van der Waals surface area contributed by atoms with Gasteiger partial charge < -0.3 is 20.4 Å². The Kier molecular flexibility index (Phi) is 6.64. The van der Waals surface area contributed by atoms with Gasteiger partial charge in [0.15, 0.2) is 0 Å². The minimum Gasteiger partial charge on any atom is -0.481 e. The van der Waals surface area contributed by atoms with Crippen LogP contribution in [0.3, 0.4) is 0 Å². The van der Waals surface area contributed by atoms with Crippen LogP contribution in [0.2, 0.25) is 0 Å². The molecule has 1 aliphatic heterocycles. The van der Waals surface area contributed by atoms with E-state index in [1.54, 1.807) is 11.3 Å². The van der Waals surface area contributed by atoms with E-state index in [4.69, 9.17) is 0 Å². The number of carbonyl (C=O) groups is 1. The largest absolute Gasteiger partial charge is 0.481 e. The Morgan fingerprint density at radius 3 is 2.79 bits per heavy atom. The molecular weight excluding hydrogens is 434 g/mol. The van der Waals surface area contributed by atoms with E-state index in [2.05, 4.69) is 33.4 Å². The summed E-state index contributed by atoms with van der Waals surface area (Å²) in [6.45, 7) is 8.66. The second-order valence-corrected chi connectivity index (χ2v) is 10.8. The fraction of sp³-hybridized carbons (Fsp3) is 0.462. The zero-order valence-electron chi connectivity index (χ0n) is 19.8. The predicted octanol–water partition coefficient (Wildman–Crippen LogP) is 6.06. The van der Waals surface area contributed by atoms with Gasteiger partial charge >= 0.3 is 5.97 Å². The van der Waals surface area contributed by atoms with Crippen LogP contribution < -0.4 is 10.2 Å². The molecule has 1 saturated heterocycles. The molecule has 0 bridgehead atoms. The lowest BCUT2D eigenvalue weighted by atomic mass is 9.91. The summed E-state index contributed by atoms with van der Waals surface area (Å²) >= 11 is 1.67. The van der Waals surface area contributed by atoms with Crippen LogP contribution in [0.1, 0.15) is 62.9 Å². The highest BCUT2D eigenvalue weighted by atomic mass is 32.1. The molecule has 1 aromatic heterocycles. The topological polar surface area (TPSA) is 85.7 Å². The molecule has 2 aromatic carbocycles. The van der Waals surface area contributed by atoms with Crippen molar-refractivity contribution in [2.45, 2.75) is 70.9 Å². The smallest absolute Gasteiger partial charge is 0.303 e. The highest BCUT2D eigenvalue weighted by Crippen LogP contribution is 2.40. The van der Waals surface area contributed by atoms with Crippen molar-refractivity contribution in [2.24, 2.45) is 0 Å². The van der Waals surface area contributed by atoms with Crippen molar-refractivity contribution in [3.8, 4) is 0 Å². The number of fused-ring (bicyclic) bond motifs is 1. The van der Waals surface area contributed by atoms with Gasteiger partial charge in [0.05, 0.1) is 44.7 Å². The molecule has 3 N–H and O–H groups in total. The third-order valence-corrected chi connectivity index (χ3v) is 7.49. The summed E-state index contributed by atoms with van der Waals surface area (Å²) in [5.74, 6) is -0.833. The number of aryl methyl sites for hydroxylation is 1. The Hall–Kier alpha value is -2.64. The maximum atomic E-state index is 11.4. The van der Waals surface area contributed by atoms with Gasteiger partial charge in [0.2, 0.25) is 0 Å². The minimum absolute atomic E-state index is 0.0246. The Balaban J connectivity index is 1.75. The molecule has 0 saturated carbocycles. The first-order valence-corrected chi connectivity index (χ1v) is 12.5. The second kappa shape index (κ2) is 9.31. The van der Waals surface area contributed by atoms with Crippen molar-refractivity contribution in [3.05, 3.63) is 47.0 Å². The van der Waals surface area contributed by atoms with Gasteiger partial charge in [-0.1, -0.05) is 13.0 Å². The molecular formula is C26H33N3O3S. The van der Waals surface area contributed by atoms with Gasteiger partial charge in [-0.15, -0.1) is 11.3 Å². The molecule has 0 radical (unpaired) electrons. The van der Waals surface area contributed by atoms with Gasteiger partial charge in [-0.3, -0.25) is 4.79 Å². The van der Waals surface area contributed by atoms with Gasteiger partial charge in [0.25, 0.3) is 0 Å². The first-order chi connectivity index (χ1) is 15.7. The van der Waals surface area contributed by atoms with Crippen LogP contribution in [-0.2, 0) is 4.79 Å². The molecule has 0 aliphatic carbocycles. The van der Waals surface area contributed by atoms with Crippen molar-refractivity contribution in [1.29, 1.82) is 0 Å². The zero-order chi connectivity index (χ0) is 23.8. The number of hydrogen-bond donors (Lipinski definition) is 3. The number of aliphatic carboxylic acids is 1. The van der Waals surface area contributed by atoms with Crippen molar-refractivity contribution < 1.29 is 15.0 Å². The van der Waals surface area contributed by atoms with Crippen LogP contribution >= 0.6 is 11.3 Å². The van der Waals surface area contributed by atoms with E-state index in [0.717, 1.165) is 63.7 Å². The third-order valence-electron chi connectivity index (χ3n) is 6.56. The van der Waals surface area contributed by atoms with E-state index < -0.39 is 11.6 Å². The number of rotatable bonds is 8. The van der Waals surface area contributed by atoms with E-state index in [0.29, 0.717) is 0 Å². The summed E-state index contributed by atoms with van der Waals surface area (Å²) in [6, 6.07) is 12.4. The average molecular weight is 468 g/mol. The highest BCUT2D eigenvalue weighted by molar-refractivity contribution is 7.18. The average Bonchev–Trinajstić information content (AvgIpc) is 3.37. The minimum atomic E-state index is -0.819. The number of carboxylic acid groups (broad SMARTS) is 1. The molecule has 3 aromatic rings. The first kappa shape index (κ1) is 23.5. The van der Waals surface area contributed by atoms with E-state index in [-0.39, 0.29) is 18.4 Å². The van der Waals surface area contributed by atoms with E-state index in [9.17, 15) is 15.0 Å². The molecule has 176 valence electrons. The molecule has 0 spiro atoms. The molecule has 1 aliphatic rings. The molecule has 33 heavy (non-hydrogen) atoms. The molecule has 1 fully saturated rings. The quantitative estimate of drug-likeness (QED) is 0.374. The maximum Gasteiger partial charge on any atom is 0.303 e. The number of aliphatic hydroxyl groups is 1. The van der Waals surface area contributed by atoms with Crippen molar-refractivity contribution >= 4 is 44.6 Å². The number of carboxylic acids is 1. The van der Waals surface area contributed by atoms with Crippen LogP contribution in [0.15, 0.2) is 36.4 Å². The third kappa shape index (κ3) is 5.14. The fourth-order valence-corrected chi connectivity index (χ4v) is 5.80. The van der Waals surface area contributed by atoms with Crippen LogP contribution in [0.5, 0.6) is 0 Å². The lowest BCUT2D eigenvalue weighted by molar-refractivity contribution is -0.137. The summed E-state index contributed by atoms with van der Waals surface area (Å²) in [6.07, 6.45) is 2.83. The lowest BCUT2D eigenvalue weighted by Crippen LogP contribution is -2.46. The number of hydrogen-bond acceptors (Lipinski definition) is 6. The molecule has 0 amide bonds. The first-order valence-electron chi connectivity index (χ1n) is 11.6. The monoisotopic (exact) mass is 467 g/mol. The van der Waals surface area contributed by atoms with E-state index in [1.165, 1.54) is 0 Å². The Morgan fingerprint density at radius 1 is 1.30 bits per heavy atom. The number of anilines is 3. The number of nitrogens with one attached hydrogen (secondary N) is 1.